The summed E-state index contributed by atoms with van der Waals surface area (Å²) in [6.07, 6.45) is 2.13. The zero-order chi connectivity index (χ0) is 15.2. The fourth-order valence-electron chi connectivity index (χ4n) is 2.15. The van der Waals surface area contributed by atoms with Crippen molar-refractivity contribution in [2.75, 3.05) is 23.8 Å². The maximum Gasteiger partial charge on any atom is 0.138 e. The van der Waals surface area contributed by atoms with Crippen LogP contribution in [0.5, 0.6) is 0 Å². The van der Waals surface area contributed by atoms with E-state index >= 15 is 0 Å². The van der Waals surface area contributed by atoms with Crippen molar-refractivity contribution in [1.29, 1.82) is 0 Å². The van der Waals surface area contributed by atoms with E-state index in [4.69, 9.17) is 0 Å². The van der Waals surface area contributed by atoms with Gasteiger partial charge >= 0.3 is 0 Å². The number of hydrogen-bond acceptors (Lipinski definition) is 4. The molecule has 0 bridgehead atoms. The minimum absolute atomic E-state index is 0.781. The third-order valence-corrected chi connectivity index (χ3v) is 3.46. The van der Waals surface area contributed by atoms with Crippen molar-refractivity contribution in [2.45, 2.75) is 33.6 Å². The van der Waals surface area contributed by atoms with Gasteiger partial charge in [0.15, 0.2) is 0 Å². The number of nitrogens with zero attached hydrogens (tertiary/aromatic N) is 3. The van der Waals surface area contributed by atoms with Crippen molar-refractivity contribution < 1.29 is 0 Å². The highest BCUT2D eigenvalue weighted by atomic mass is 15.2. The second-order valence-corrected chi connectivity index (χ2v) is 5.16. The molecule has 1 N–H and O–H groups in total. The molecule has 4 nitrogen and oxygen atoms in total. The molecule has 0 radical (unpaired) electrons. The van der Waals surface area contributed by atoms with E-state index in [2.05, 4.69) is 58.3 Å². The van der Waals surface area contributed by atoms with E-state index in [-0.39, 0.29) is 0 Å². The molecule has 21 heavy (non-hydrogen) atoms. The van der Waals surface area contributed by atoms with Crippen molar-refractivity contribution in [1.82, 2.24) is 9.97 Å². The summed E-state index contributed by atoms with van der Waals surface area (Å²) in [5, 5.41) is 3.32. The Balaban J connectivity index is 2.24. The summed E-state index contributed by atoms with van der Waals surface area (Å²) >= 11 is 0. The number of benzene rings is 1. The van der Waals surface area contributed by atoms with Crippen LogP contribution in [0.3, 0.4) is 0 Å². The van der Waals surface area contributed by atoms with Gasteiger partial charge in [0.25, 0.3) is 0 Å². The maximum atomic E-state index is 4.54. The summed E-state index contributed by atoms with van der Waals surface area (Å²) in [6, 6.07) is 10.6. The number of aryl methyl sites for hydroxylation is 2. The van der Waals surface area contributed by atoms with Crippen LogP contribution in [0.25, 0.3) is 0 Å². The monoisotopic (exact) mass is 284 g/mol. The molecule has 112 valence electrons. The first kappa shape index (κ1) is 15.3. The third kappa shape index (κ3) is 3.94. The first-order chi connectivity index (χ1) is 10.1. The van der Waals surface area contributed by atoms with Crippen molar-refractivity contribution >= 4 is 17.3 Å². The van der Waals surface area contributed by atoms with Crippen LogP contribution in [0.2, 0.25) is 0 Å². The molecule has 0 saturated carbocycles. The zero-order valence-corrected chi connectivity index (χ0v) is 13.3. The van der Waals surface area contributed by atoms with Gasteiger partial charge in [0.05, 0.1) is 0 Å². The first-order valence-electron chi connectivity index (χ1n) is 7.56. The average molecular weight is 284 g/mol. The molecule has 2 aromatic rings. The lowest BCUT2D eigenvalue weighted by atomic mass is 10.1. The fraction of sp³-hybridized carbons (Fsp3) is 0.412. The third-order valence-electron chi connectivity index (χ3n) is 3.46. The normalized spacial score (nSPS) is 10.5. The molecular formula is C17H24N4. The predicted octanol–water partition coefficient (Wildman–Crippen LogP) is 3.94. The summed E-state index contributed by atoms with van der Waals surface area (Å²) in [4.78, 5) is 11.1. The number of anilines is 3. The minimum Gasteiger partial charge on any atom is -0.370 e. The second kappa shape index (κ2) is 7.07. The van der Waals surface area contributed by atoms with Crippen LogP contribution in [0.4, 0.5) is 17.3 Å². The molecule has 0 aliphatic rings. The molecule has 0 atom stereocenters. The Bertz CT molecular complexity index is 578. The summed E-state index contributed by atoms with van der Waals surface area (Å²) in [5.74, 6) is 2.57. The summed E-state index contributed by atoms with van der Waals surface area (Å²) in [5.41, 5.74) is 2.48. The fourth-order valence-corrected chi connectivity index (χ4v) is 2.15. The van der Waals surface area contributed by atoms with Crippen LogP contribution in [0.15, 0.2) is 30.3 Å². The molecule has 4 heteroatoms. The minimum atomic E-state index is 0.781. The largest absolute Gasteiger partial charge is 0.370 e. The molecular weight excluding hydrogens is 260 g/mol. The standard InChI is InChI=1S/C17H24N4/c1-5-11-18-16-12-17(20-13(3)19-16)21(4)15-9-7-14(6-2)8-10-15/h7-10,12H,5-6,11H2,1-4H3,(H,18,19,20). The maximum absolute atomic E-state index is 4.54. The number of aromatic nitrogens is 2. The molecule has 0 aliphatic carbocycles. The Morgan fingerprint density at radius 3 is 2.43 bits per heavy atom. The Morgan fingerprint density at radius 1 is 1.10 bits per heavy atom. The Hall–Kier alpha value is -2.10. The highest BCUT2D eigenvalue weighted by Gasteiger charge is 2.08. The highest BCUT2D eigenvalue weighted by molar-refractivity contribution is 5.62. The van der Waals surface area contributed by atoms with E-state index < -0.39 is 0 Å². The Morgan fingerprint density at radius 2 is 1.81 bits per heavy atom. The van der Waals surface area contributed by atoms with Crippen molar-refractivity contribution in [3.8, 4) is 0 Å². The summed E-state index contributed by atoms with van der Waals surface area (Å²) in [7, 11) is 2.03. The SMILES string of the molecule is CCCNc1cc(N(C)c2ccc(CC)cc2)nc(C)n1. The first-order valence-corrected chi connectivity index (χ1v) is 7.56. The van der Waals surface area contributed by atoms with Crippen LogP contribution >= 0.6 is 0 Å². The van der Waals surface area contributed by atoms with Gasteiger partial charge in [-0.05, 0) is 37.5 Å². The van der Waals surface area contributed by atoms with Gasteiger partial charge in [-0.25, -0.2) is 9.97 Å². The van der Waals surface area contributed by atoms with Gasteiger partial charge in [-0.3, -0.25) is 0 Å². The molecule has 1 aromatic carbocycles. The Labute approximate surface area is 127 Å². The van der Waals surface area contributed by atoms with Crippen LogP contribution in [0.1, 0.15) is 31.7 Å². The number of nitrogens with one attached hydrogen (secondary N) is 1. The van der Waals surface area contributed by atoms with E-state index in [1.165, 1.54) is 5.56 Å². The predicted molar refractivity (Wildman–Crippen MR) is 89.4 cm³/mol. The van der Waals surface area contributed by atoms with E-state index in [1.807, 2.05) is 20.0 Å². The molecule has 1 aromatic heterocycles. The van der Waals surface area contributed by atoms with Crippen LogP contribution < -0.4 is 10.2 Å². The van der Waals surface area contributed by atoms with Crippen LogP contribution in [-0.4, -0.2) is 23.6 Å². The Kier molecular flexibility index (Phi) is 5.14. The number of hydrogen-bond donors (Lipinski definition) is 1. The van der Waals surface area contributed by atoms with E-state index in [0.29, 0.717) is 0 Å². The summed E-state index contributed by atoms with van der Waals surface area (Å²) < 4.78 is 0. The lowest BCUT2D eigenvalue weighted by Gasteiger charge is -2.20. The number of rotatable bonds is 6. The van der Waals surface area contributed by atoms with E-state index in [1.54, 1.807) is 0 Å². The van der Waals surface area contributed by atoms with E-state index in [9.17, 15) is 0 Å². The van der Waals surface area contributed by atoms with Crippen molar-refractivity contribution in [3.63, 3.8) is 0 Å². The molecule has 0 amide bonds. The van der Waals surface area contributed by atoms with E-state index in [0.717, 1.165) is 42.5 Å². The van der Waals surface area contributed by atoms with Gasteiger partial charge in [-0.15, -0.1) is 0 Å². The van der Waals surface area contributed by atoms with Crippen molar-refractivity contribution in [3.05, 3.63) is 41.7 Å². The summed E-state index contributed by atoms with van der Waals surface area (Å²) in [6.45, 7) is 7.15. The van der Waals surface area contributed by atoms with Gasteiger partial charge in [0.1, 0.15) is 17.5 Å². The molecule has 0 saturated heterocycles. The zero-order valence-electron chi connectivity index (χ0n) is 13.3. The van der Waals surface area contributed by atoms with Gasteiger partial charge in [0, 0.05) is 25.3 Å². The molecule has 0 spiro atoms. The second-order valence-electron chi connectivity index (χ2n) is 5.16. The molecule has 0 unspecified atom stereocenters. The van der Waals surface area contributed by atoms with Crippen molar-refractivity contribution in [2.24, 2.45) is 0 Å². The lowest BCUT2D eigenvalue weighted by molar-refractivity contribution is 0.948. The molecule has 2 rings (SSSR count). The van der Waals surface area contributed by atoms with Gasteiger partial charge in [-0.1, -0.05) is 26.0 Å². The smallest absolute Gasteiger partial charge is 0.138 e. The van der Waals surface area contributed by atoms with Gasteiger partial charge in [-0.2, -0.15) is 0 Å². The lowest BCUT2D eigenvalue weighted by Crippen LogP contribution is -2.13. The average Bonchev–Trinajstić information content (AvgIpc) is 2.51. The molecule has 0 aliphatic heterocycles. The molecule has 1 heterocycles. The highest BCUT2D eigenvalue weighted by Crippen LogP contribution is 2.24. The van der Waals surface area contributed by atoms with Gasteiger partial charge in [0.2, 0.25) is 0 Å². The molecule has 0 fully saturated rings. The van der Waals surface area contributed by atoms with Crippen LogP contribution in [0, 0.1) is 6.92 Å². The topological polar surface area (TPSA) is 41.0 Å². The quantitative estimate of drug-likeness (QED) is 0.872. The van der Waals surface area contributed by atoms with Crippen LogP contribution in [-0.2, 0) is 6.42 Å². The van der Waals surface area contributed by atoms with Gasteiger partial charge < -0.3 is 10.2 Å².